The molecule has 0 heterocycles. The van der Waals surface area contributed by atoms with Crippen LogP contribution in [0.3, 0.4) is 0 Å². The van der Waals surface area contributed by atoms with Crippen molar-refractivity contribution in [1.82, 2.24) is 0 Å². The molecule has 2 nitrogen and oxygen atoms in total. The van der Waals surface area contributed by atoms with Crippen molar-refractivity contribution in [3.63, 3.8) is 0 Å². The van der Waals surface area contributed by atoms with Crippen molar-refractivity contribution in [3.8, 4) is 0 Å². The predicted molar refractivity (Wildman–Crippen MR) is 57.7 cm³/mol. The predicted octanol–water partition coefficient (Wildman–Crippen LogP) is 4.10. The third-order valence-corrected chi connectivity index (χ3v) is 3.72. The molecular formula is C12H16F6O2. The number of alkyl halides is 6. The van der Waals surface area contributed by atoms with Gasteiger partial charge in [0.05, 0.1) is 0 Å². The number of esters is 1. The molecule has 1 rings (SSSR count). The molecule has 1 fully saturated rings. The summed E-state index contributed by atoms with van der Waals surface area (Å²) in [5, 5.41) is 0. The first kappa shape index (κ1) is 17.1. The van der Waals surface area contributed by atoms with Crippen LogP contribution in [-0.4, -0.2) is 24.4 Å². The highest BCUT2D eigenvalue weighted by molar-refractivity contribution is 5.74. The van der Waals surface area contributed by atoms with E-state index in [1.807, 2.05) is 13.8 Å². The van der Waals surface area contributed by atoms with Gasteiger partial charge in [0.2, 0.25) is 5.92 Å². The van der Waals surface area contributed by atoms with Gasteiger partial charge in [-0.05, 0) is 31.1 Å². The molecule has 1 aliphatic rings. The summed E-state index contributed by atoms with van der Waals surface area (Å²) < 4.78 is 78.5. The molecule has 1 aliphatic carbocycles. The van der Waals surface area contributed by atoms with Crippen molar-refractivity contribution < 1.29 is 35.9 Å². The standard InChI is InChI=1S/C12H16F6O2/c1-6-3-4-8(5-7(6)2)20-10(19)9(11(13,14)15)12(16,17)18/h6-9H,3-5H2,1-2H3/t6-,7+,8+/m1/s1. The molecule has 0 N–H and O–H groups in total. The third kappa shape index (κ3) is 4.28. The molecule has 3 atom stereocenters. The molecule has 0 aromatic rings. The van der Waals surface area contributed by atoms with E-state index >= 15 is 0 Å². The first-order valence-electron chi connectivity index (χ1n) is 6.26. The van der Waals surface area contributed by atoms with Gasteiger partial charge in [0.15, 0.2) is 0 Å². The zero-order valence-electron chi connectivity index (χ0n) is 11.0. The average Bonchev–Trinajstić information content (AvgIpc) is 2.18. The second-order valence-corrected chi connectivity index (χ2v) is 5.34. The lowest BCUT2D eigenvalue weighted by molar-refractivity contribution is -0.283. The molecule has 20 heavy (non-hydrogen) atoms. The minimum Gasteiger partial charge on any atom is -0.462 e. The van der Waals surface area contributed by atoms with Crippen molar-refractivity contribution in [3.05, 3.63) is 0 Å². The maximum absolute atomic E-state index is 12.3. The number of halogens is 6. The summed E-state index contributed by atoms with van der Waals surface area (Å²) in [5.41, 5.74) is 0. The molecule has 0 aliphatic heterocycles. The lowest BCUT2D eigenvalue weighted by atomic mass is 9.80. The molecule has 0 saturated heterocycles. The number of carbonyl (C=O) groups excluding carboxylic acids is 1. The number of ether oxygens (including phenoxy) is 1. The Balaban J connectivity index is 2.73. The molecule has 1 saturated carbocycles. The van der Waals surface area contributed by atoms with E-state index in [-0.39, 0.29) is 12.3 Å². The maximum atomic E-state index is 12.3. The van der Waals surface area contributed by atoms with Crippen LogP contribution in [0.15, 0.2) is 0 Å². The molecule has 118 valence electrons. The Kier molecular flexibility index (Phi) is 4.97. The summed E-state index contributed by atoms with van der Waals surface area (Å²) in [6.07, 6.45) is -11.1. The van der Waals surface area contributed by atoms with Crippen LogP contribution in [0.1, 0.15) is 33.1 Å². The highest BCUT2D eigenvalue weighted by Gasteiger charge is 2.62. The monoisotopic (exact) mass is 306 g/mol. The van der Waals surface area contributed by atoms with E-state index in [9.17, 15) is 31.1 Å². The zero-order chi connectivity index (χ0) is 15.7. The van der Waals surface area contributed by atoms with E-state index in [1.165, 1.54) is 0 Å². The van der Waals surface area contributed by atoms with Crippen molar-refractivity contribution in [2.45, 2.75) is 51.6 Å². The third-order valence-electron chi connectivity index (χ3n) is 3.72. The summed E-state index contributed by atoms with van der Waals surface area (Å²) in [6, 6.07) is 0. The smallest absolute Gasteiger partial charge is 0.411 e. The summed E-state index contributed by atoms with van der Waals surface area (Å²) in [4.78, 5) is 11.2. The summed E-state index contributed by atoms with van der Waals surface area (Å²) in [5.74, 6) is -5.91. The Morgan fingerprint density at radius 2 is 1.50 bits per heavy atom. The Hall–Kier alpha value is -0.950. The van der Waals surface area contributed by atoms with Crippen molar-refractivity contribution in [1.29, 1.82) is 0 Å². The van der Waals surface area contributed by atoms with Crippen molar-refractivity contribution in [2.75, 3.05) is 0 Å². The van der Waals surface area contributed by atoms with E-state index in [0.717, 1.165) is 0 Å². The fourth-order valence-electron chi connectivity index (χ4n) is 2.29. The number of carbonyl (C=O) groups is 1. The summed E-state index contributed by atoms with van der Waals surface area (Å²) in [6.45, 7) is 3.77. The second kappa shape index (κ2) is 5.81. The fourth-order valence-corrected chi connectivity index (χ4v) is 2.29. The molecular weight excluding hydrogens is 290 g/mol. The Morgan fingerprint density at radius 3 is 1.90 bits per heavy atom. The van der Waals surface area contributed by atoms with Gasteiger partial charge in [-0.25, -0.2) is 0 Å². The molecule has 0 unspecified atom stereocenters. The van der Waals surface area contributed by atoms with Crippen molar-refractivity contribution in [2.24, 2.45) is 17.8 Å². The van der Waals surface area contributed by atoms with Crippen molar-refractivity contribution >= 4 is 5.97 Å². The van der Waals surface area contributed by atoms with Gasteiger partial charge in [-0.3, -0.25) is 4.79 Å². The van der Waals surface area contributed by atoms with E-state index in [2.05, 4.69) is 4.74 Å². The van der Waals surface area contributed by atoms with Crippen LogP contribution < -0.4 is 0 Å². The molecule has 0 spiro atoms. The van der Waals surface area contributed by atoms with E-state index < -0.39 is 30.3 Å². The summed E-state index contributed by atoms with van der Waals surface area (Å²) >= 11 is 0. The van der Waals surface area contributed by atoms with Crippen LogP contribution in [0.25, 0.3) is 0 Å². The van der Waals surface area contributed by atoms with Crippen LogP contribution in [-0.2, 0) is 9.53 Å². The molecule has 0 amide bonds. The average molecular weight is 306 g/mol. The largest absolute Gasteiger partial charge is 0.462 e. The first-order chi connectivity index (χ1) is 8.93. The normalized spacial score (nSPS) is 28.6. The zero-order valence-corrected chi connectivity index (χ0v) is 11.0. The minimum atomic E-state index is -5.69. The molecule has 0 aromatic carbocycles. The highest BCUT2D eigenvalue weighted by Crippen LogP contribution is 2.41. The molecule has 0 radical (unpaired) electrons. The van der Waals surface area contributed by atoms with Crippen LogP contribution in [0.4, 0.5) is 26.3 Å². The summed E-state index contributed by atoms with van der Waals surface area (Å²) in [7, 11) is 0. The van der Waals surface area contributed by atoms with Crippen LogP contribution in [0.5, 0.6) is 0 Å². The topological polar surface area (TPSA) is 26.3 Å². The minimum absolute atomic E-state index is 0.0942. The van der Waals surface area contributed by atoms with E-state index in [4.69, 9.17) is 0 Å². The Morgan fingerprint density at radius 1 is 1.00 bits per heavy atom. The first-order valence-corrected chi connectivity index (χ1v) is 6.26. The van der Waals surface area contributed by atoms with Gasteiger partial charge in [-0.15, -0.1) is 0 Å². The fraction of sp³-hybridized carbons (Fsp3) is 0.917. The number of hydrogen-bond acceptors (Lipinski definition) is 2. The van der Waals surface area contributed by atoms with Gasteiger partial charge in [0, 0.05) is 0 Å². The molecule has 8 heteroatoms. The maximum Gasteiger partial charge on any atom is 0.411 e. The van der Waals surface area contributed by atoms with Crippen LogP contribution >= 0.6 is 0 Å². The highest BCUT2D eigenvalue weighted by atomic mass is 19.4. The second-order valence-electron chi connectivity index (χ2n) is 5.34. The SMILES string of the molecule is C[C@@H]1CC[C@H](OC(=O)C(C(F)(F)F)C(F)(F)F)C[C@@H]1C. The Bertz CT molecular complexity index is 335. The van der Waals surface area contributed by atoms with Gasteiger partial charge in [0.25, 0.3) is 0 Å². The number of hydrogen-bond donors (Lipinski definition) is 0. The quantitative estimate of drug-likeness (QED) is 0.567. The van der Waals surface area contributed by atoms with Gasteiger partial charge in [-0.1, -0.05) is 13.8 Å². The van der Waals surface area contributed by atoms with Gasteiger partial charge >= 0.3 is 18.3 Å². The van der Waals surface area contributed by atoms with E-state index in [0.29, 0.717) is 18.8 Å². The van der Waals surface area contributed by atoms with Crippen LogP contribution in [0, 0.1) is 17.8 Å². The van der Waals surface area contributed by atoms with Gasteiger partial charge in [0.1, 0.15) is 6.10 Å². The molecule has 0 aromatic heterocycles. The van der Waals surface area contributed by atoms with Gasteiger partial charge in [-0.2, -0.15) is 26.3 Å². The molecule has 0 bridgehead atoms. The lowest BCUT2D eigenvalue weighted by Gasteiger charge is -2.32. The number of rotatable bonds is 2. The van der Waals surface area contributed by atoms with Crippen LogP contribution in [0.2, 0.25) is 0 Å². The lowest BCUT2D eigenvalue weighted by Crippen LogP contribution is -2.45. The Labute approximate surface area is 112 Å². The van der Waals surface area contributed by atoms with Gasteiger partial charge < -0.3 is 4.74 Å². The van der Waals surface area contributed by atoms with E-state index in [1.54, 1.807) is 0 Å².